The van der Waals surface area contributed by atoms with Gasteiger partial charge in [-0.15, -0.1) is 0 Å². The SMILES string of the molecule is CCCCCCCCCCCC(=O)O[C@H]1[C@H](O[C@@H]2[C@@H](O[C@@H]3O[C@@H](C)[C@H](OC(=O)[C@@H](C)CC)[C@@H](O)[C@H]3OC(=O)/C=C/c3ccccc3)[C@H]3OC(=O)CCCCCCCCC[C@@H](CCCCC)O[C@@H]4O[C@H](C)[C@@H]5OC(C)(C)O[C@@H]5[C@H]4O[C@@H]3O[C@H]2C)O[C@@H](C)[C@H](O[C@@H]2O[C@@H](C)[C@H](O)[C@H]3OC(C)(C)O[C@@H]23)[C@H]1O. The number of esters is 4. The summed E-state index contributed by atoms with van der Waals surface area (Å²) >= 11 is 0. The first-order chi connectivity index (χ1) is 49.3. The van der Waals surface area contributed by atoms with E-state index in [0.29, 0.717) is 24.8 Å². The number of carbonyl (C=O) groups excluding carboxylic acids is 4. The molecule has 8 aliphatic heterocycles. The Morgan fingerprint density at radius 3 is 1.72 bits per heavy atom. The van der Waals surface area contributed by atoms with Gasteiger partial charge in [0.25, 0.3) is 0 Å². The Morgan fingerprint density at radius 2 is 1.04 bits per heavy atom. The molecule has 9 rings (SSSR count). The van der Waals surface area contributed by atoms with Crippen molar-refractivity contribution in [2.45, 2.75) is 415 Å². The van der Waals surface area contributed by atoms with Crippen LogP contribution in [0.5, 0.6) is 0 Å². The van der Waals surface area contributed by atoms with Gasteiger partial charge in [-0.1, -0.05) is 167 Å². The second kappa shape index (κ2) is 39.5. The van der Waals surface area contributed by atoms with Crippen molar-refractivity contribution < 1.29 is 120 Å². The van der Waals surface area contributed by atoms with Crippen LogP contribution in [-0.4, -0.2) is 210 Å². The Balaban J connectivity index is 1.12. The minimum Gasteiger partial charge on any atom is -0.456 e. The van der Waals surface area contributed by atoms with Crippen LogP contribution in [0, 0.1) is 5.92 Å². The zero-order chi connectivity index (χ0) is 74.1. The number of hydrogen-bond donors (Lipinski definition) is 3. The number of carbonyl (C=O) groups is 4. The number of unbranched alkanes of at least 4 members (excludes halogenated alkanes) is 10. The largest absolute Gasteiger partial charge is 0.456 e. The molecule has 25 heteroatoms. The number of ether oxygens (including phenoxy) is 18. The molecule has 0 aromatic heterocycles. The molecule has 0 saturated carbocycles. The average Bonchev–Trinajstić information content (AvgIpc) is 1.75. The number of aliphatic hydroxyl groups is 3. The Kier molecular flexibility index (Phi) is 31.9. The van der Waals surface area contributed by atoms with E-state index in [-0.39, 0.29) is 18.9 Å². The highest BCUT2D eigenvalue weighted by Gasteiger charge is 2.62. The van der Waals surface area contributed by atoms with E-state index < -0.39 is 195 Å². The molecular weight excluding hydrogens is 1340 g/mol. The molecule has 103 heavy (non-hydrogen) atoms. The van der Waals surface area contributed by atoms with Crippen molar-refractivity contribution in [3.8, 4) is 0 Å². The molecule has 586 valence electrons. The Labute approximate surface area is 610 Å². The van der Waals surface area contributed by atoms with E-state index in [4.69, 9.17) is 85.3 Å². The van der Waals surface area contributed by atoms with Gasteiger partial charge in [-0.3, -0.25) is 14.4 Å². The van der Waals surface area contributed by atoms with E-state index in [1.807, 2.05) is 19.9 Å². The quantitative estimate of drug-likeness (QED) is 0.0319. The lowest BCUT2D eigenvalue weighted by atomic mass is 9.95. The van der Waals surface area contributed by atoms with Crippen LogP contribution in [0.3, 0.4) is 0 Å². The number of rotatable bonds is 27. The lowest BCUT2D eigenvalue weighted by molar-refractivity contribution is -0.400. The van der Waals surface area contributed by atoms with E-state index >= 15 is 0 Å². The summed E-state index contributed by atoms with van der Waals surface area (Å²) in [5.74, 6) is -5.72. The minimum absolute atomic E-state index is 0.0147. The van der Waals surface area contributed by atoms with Crippen molar-refractivity contribution in [3.05, 3.63) is 42.0 Å². The van der Waals surface area contributed by atoms with Crippen LogP contribution in [0.2, 0.25) is 0 Å². The van der Waals surface area contributed by atoms with Gasteiger partial charge in [0.15, 0.2) is 67.4 Å². The normalized spacial score (nSPS) is 39.1. The van der Waals surface area contributed by atoms with Crippen LogP contribution in [0.1, 0.15) is 250 Å². The number of fused-ring (bicyclic) bond motifs is 5. The van der Waals surface area contributed by atoms with E-state index in [2.05, 4.69) is 13.8 Å². The smallest absolute Gasteiger partial charge is 0.331 e. The van der Waals surface area contributed by atoms with E-state index in [1.54, 1.807) is 86.6 Å². The molecule has 0 unspecified atom stereocenters. The van der Waals surface area contributed by atoms with Gasteiger partial charge >= 0.3 is 23.9 Å². The molecule has 3 N–H and O–H groups in total. The molecule has 8 heterocycles. The van der Waals surface area contributed by atoms with E-state index in [9.17, 15) is 34.5 Å². The predicted molar refractivity (Wildman–Crippen MR) is 374 cm³/mol. The van der Waals surface area contributed by atoms with Crippen molar-refractivity contribution in [2.24, 2.45) is 5.92 Å². The van der Waals surface area contributed by atoms with Gasteiger partial charge in [0.2, 0.25) is 0 Å². The van der Waals surface area contributed by atoms with Crippen LogP contribution in [0.25, 0.3) is 6.08 Å². The number of aliphatic hydroxyl groups excluding tert-OH is 3. The van der Waals surface area contributed by atoms with Crippen molar-refractivity contribution in [1.82, 2.24) is 0 Å². The summed E-state index contributed by atoms with van der Waals surface area (Å²) < 4.78 is 120. The molecule has 25 nitrogen and oxygen atoms in total. The third-order valence-electron chi connectivity index (χ3n) is 21.2. The van der Waals surface area contributed by atoms with Crippen molar-refractivity contribution in [3.63, 3.8) is 0 Å². The first kappa shape index (κ1) is 83.2. The molecule has 0 radical (unpaired) electrons. The first-order valence-corrected chi connectivity index (χ1v) is 39.1. The molecule has 1 aromatic carbocycles. The zero-order valence-corrected chi connectivity index (χ0v) is 63.4. The van der Waals surface area contributed by atoms with E-state index in [0.717, 1.165) is 109 Å². The van der Waals surface area contributed by atoms with E-state index in [1.165, 1.54) is 25.0 Å². The average molecular weight is 1460 g/mol. The minimum atomic E-state index is -1.80. The fraction of sp³-hybridized carbons (Fsp3) is 0.846. The summed E-state index contributed by atoms with van der Waals surface area (Å²) in [6, 6.07) is 9.02. The summed E-state index contributed by atoms with van der Waals surface area (Å²) in [7, 11) is 0. The molecule has 0 bridgehead atoms. The van der Waals surface area contributed by atoms with Crippen LogP contribution in [0.15, 0.2) is 36.4 Å². The summed E-state index contributed by atoms with van der Waals surface area (Å²) in [5, 5.41) is 36.9. The summed E-state index contributed by atoms with van der Waals surface area (Å²) in [6.45, 7) is 23.3. The maximum absolute atomic E-state index is 14.9. The summed E-state index contributed by atoms with van der Waals surface area (Å²) in [4.78, 5) is 57.3. The molecule has 0 aliphatic carbocycles. The zero-order valence-electron chi connectivity index (χ0n) is 63.4. The van der Waals surface area contributed by atoms with Crippen molar-refractivity contribution >= 4 is 30.0 Å². The predicted octanol–water partition coefficient (Wildman–Crippen LogP) is 11.2. The van der Waals surface area contributed by atoms with Crippen molar-refractivity contribution in [2.75, 3.05) is 0 Å². The molecule has 8 aliphatic rings. The van der Waals surface area contributed by atoms with Gasteiger partial charge in [0.1, 0.15) is 67.1 Å². The third kappa shape index (κ3) is 22.9. The van der Waals surface area contributed by atoms with Crippen LogP contribution >= 0.6 is 0 Å². The highest BCUT2D eigenvalue weighted by molar-refractivity contribution is 5.87. The lowest BCUT2D eigenvalue weighted by Gasteiger charge is -2.51. The van der Waals surface area contributed by atoms with Crippen LogP contribution in [-0.2, 0) is 104 Å². The molecular formula is C78H124O25. The maximum Gasteiger partial charge on any atom is 0.331 e. The molecule has 8 saturated heterocycles. The highest BCUT2D eigenvalue weighted by atomic mass is 16.8. The topological polar surface area (TPSA) is 295 Å². The molecule has 27 atom stereocenters. The highest BCUT2D eigenvalue weighted by Crippen LogP contribution is 2.45. The fourth-order valence-corrected chi connectivity index (χ4v) is 15.2. The standard InChI is InChI=1S/C78H124O25/c1-14-17-19-20-21-22-25-28-35-41-53(79)92-65-58(84)60(96-76-70-63(56(82)46(5)86-76)101-78(12,13)103-70)48(7)88-72(65)97-61-49(8)89-75-68(66(61)98-73-64(93-55(81)44-43-51-37-32-30-33-38-51)57(83)59(47(6)87-73)95-71(85)45(4)16-3)94-54(80)42-36-29-26-23-24-27-34-40-52(39-31-18-15-2)91-74-69(99-75)67-62(50(9)90-74)100-77(10,11)102-67/h30,32-33,37-38,43-50,52,56-70,72-76,82-84H,14-29,31,34-36,39-42H2,1-13H3/b44-43+/t45-,46-,47-,48-,49-,50+,52+,56-,57+,58+,59-,60-,61-,62-,63+,64+,65+,66+,67-,68+,69+,70+,72-,73-,74-,75-,76-/m0/s1. The van der Waals surface area contributed by atoms with Gasteiger partial charge in [-0.25, -0.2) is 4.79 Å². The molecule has 1 aromatic rings. The van der Waals surface area contributed by atoms with Crippen LogP contribution < -0.4 is 0 Å². The summed E-state index contributed by atoms with van der Waals surface area (Å²) in [6.07, 6.45) is -9.95. The second-order valence-corrected chi connectivity index (χ2v) is 30.7. The molecule has 0 spiro atoms. The van der Waals surface area contributed by atoms with Crippen LogP contribution in [0.4, 0.5) is 0 Å². The second-order valence-electron chi connectivity index (χ2n) is 30.7. The lowest BCUT2D eigenvalue weighted by Crippen LogP contribution is -2.68. The Bertz CT molecular complexity index is 2770. The Hall–Kier alpha value is -3.84. The monoisotopic (exact) mass is 1460 g/mol. The Morgan fingerprint density at radius 1 is 0.505 bits per heavy atom. The molecule has 8 fully saturated rings. The van der Waals surface area contributed by atoms with Gasteiger partial charge in [-0.2, -0.15) is 0 Å². The number of hydrogen-bond acceptors (Lipinski definition) is 25. The van der Waals surface area contributed by atoms with Gasteiger partial charge in [0.05, 0.1) is 42.5 Å². The maximum atomic E-state index is 14.9. The van der Waals surface area contributed by atoms with Gasteiger partial charge in [0, 0.05) is 18.9 Å². The van der Waals surface area contributed by atoms with Gasteiger partial charge < -0.3 is 101 Å². The molecule has 0 amide bonds. The first-order valence-electron chi connectivity index (χ1n) is 39.1. The fourth-order valence-electron chi connectivity index (χ4n) is 15.2. The van der Waals surface area contributed by atoms with Crippen molar-refractivity contribution in [1.29, 1.82) is 0 Å². The summed E-state index contributed by atoms with van der Waals surface area (Å²) in [5.41, 5.74) is 0.667. The third-order valence-corrected chi connectivity index (χ3v) is 21.2. The van der Waals surface area contributed by atoms with Gasteiger partial charge in [-0.05, 0) is 106 Å². The number of benzene rings is 1.